The van der Waals surface area contributed by atoms with Crippen molar-refractivity contribution in [3.05, 3.63) is 121 Å². The first kappa shape index (κ1) is 21.6. The van der Waals surface area contributed by atoms with Gasteiger partial charge in [0.15, 0.2) is 0 Å². The van der Waals surface area contributed by atoms with Crippen LogP contribution >= 0.6 is 15.9 Å². The number of hydrogen-bond donors (Lipinski definition) is 4. The lowest BCUT2D eigenvalue weighted by atomic mass is 9.68. The number of nitrogens with one attached hydrogen (secondary N) is 4. The molecule has 10 heteroatoms. The third-order valence-corrected chi connectivity index (χ3v) is 7.34. The Balaban J connectivity index is 1.70. The number of rotatable bonds is 2. The number of carbonyl (C=O) groups is 1. The van der Waals surface area contributed by atoms with Gasteiger partial charge in [-0.25, -0.2) is 9.48 Å². The molecule has 1 spiro atoms. The van der Waals surface area contributed by atoms with Gasteiger partial charge in [0, 0.05) is 26.9 Å². The van der Waals surface area contributed by atoms with E-state index in [0.29, 0.717) is 28.3 Å². The molecule has 5 aromatic rings. The van der Waals surface area contributed by atoms with E-state index in [0.717, 1.165) is 15.7 Å². The van der Waals surface area contributed by atoms with E-state index < -0.39 is 22.6 Å². The molecule has 3 aromatic carbocycles. The monoisotopic (exact) mass is 552 g/mol. The van der Waals surface area contributed by atoms with E-state index in [9.17, 15) is 14.4 Å². The Labute approximate surface area is 217 Å². The highest BCUT2D eigenvalue weighted by atomic mass is 79.9. The van der Waals surface area contributed by atoms with E-state index in [1.165, 1.54) is 0 Å². The number of para-hydroxylation sites is 1. The third kappa shape index (κ3) is 2.90. The zero-order valence-corrected chi connectivity index (χ0v) is 20.6. The lowest BCUT2D eigenvalue weighted by Gasteiger charge is -2.34. The van der Waals surface area contributed by atoms with Crippen LogP contribution < -0.4 is 21.9 Å². The predicted molar refractivity (Wildman–Crippen MR) is 143 cm³/mol. The molecule has 1 amide bonds. The van der Waals surface area contributed by atoms with Crippen LogP contribution in [0.5, 0.6) is 0 Å². The molecule has 1 unspecified atom stereocenters. The standard InChI is InChI=1S/C27H17BrN6O3/c28-15-11-12-18-17(13-15)27(25(36)29-18)19-21(14-7-3-1-4-8-14)33-34(16-9-5-2-6-10-16)23(19)30-22-20(27)24(35)32-26(37)31-22/h1-13H,(H,29,36)(H3,30,31,32,35,37). The topological polar surface area (TPSA) is 125 Å². The summed E-state index contributed by atoms with van der Waals surface area (Å²) in [5, 5.41) is 11.2. The molecule has 7 rings (SSSR count). The van der Waals surface area contributed by atoms with Crippen molar-refractivity contribution in [1.29, 1.82) is 0 Å². The van der Waals surface area contributed by atoms with E-state index >= 15 is 0 Å². The van der Waals surface area contributed by atoms with Crippen molar-refractivity contribution in [3.63, 3.8) is 0 Å². The average Bonchev–Trinajstić information content (AvgIpc) is 3.41. The SMILES string of the molecule is O=C1Nc2ccc(Br)cc2C12c1c(-c3ccccc3)nn(-c3ccccc3)c1Nc1[nH]c(=O)[nH]c(=O)c12. The number of benzene rings is 3. The molecular weight excluding hydrogens is 536 g/mol. The molecule has 0 saturated carbocycles. The van der Waals surface area contributed by atoms with Crippen LogP contribution in [-0.2, 0) is 10.2 Å². The van der Waals surface area contributed by atoms with Crippen LogP contribution in [0.2, 0.25) is 0 Å². The van der Waals surface area contributed by atoms with Crippen LogP contribution in [0.15, 0.2) is 92.9 Å². The number of H-pyrrole nitrogens is 2. The third-order valence-electron chi connectivity index (χ3n) is 6.84. The first-order valence-electron chi connectivity index (χ1n) is 11.5. The highest BCUT2D eigenvalue weighted by molar-refractivity contribution is 9.10. The molecule has 0 saturated heterocycles. The van der Waals surface area contributed by atoms with E-state index in [4.69, 9.17) is 5.10 Å². The molecule has 4 heterocycles. The van der Waals surface area contributed by atoms with Crippen molar-refractivity contribution in [2.75, 3.05) is 10.6 Å². The summed E-state index contributed by atoms with van der Waals surface area (Å²) < 4.78 is 2.44. The lowest BCUT2D eigenvalue weighted by molar-refractivity contribution is -0.118. The molecule has 9 nitrogen and oxygen atoms in total. The molecule has 0 bridgehead atoms. The predicted octanol–water partition coefficient (Wildman–Crippen LogP) is 4.02. The van der Waals surface area contributed by atoms with Crippen LogP contribution in [0.25, 0.3) is 16.9 Å². The Hall–Kier alpha value is -4.70. The van der Waals surface area contributed by atoms with E-state index in [1.807, 2.05) is 72.8 Å². The van der Waals surface area contributed by atoms with E-state index in [-0.39, 0.29) is 11.4 Å². The summed E-state index contributed by atoms with van der Waals surface area (Å²) in [5.74, 6) is 0.203. The maximum absolute atomic E-state index is 14.2. The fourth-order valence-electron chi connectivity index (χ4n) is 5.39. The number of nitrogens with zero attached hydrogens (tertiary/aromatic N) is 2. The summed E-state index contributed by atoms with van der Waals surface area (Å²) in [6.45, 7) is 0. The first-order valence-corrected chi connectivity index (χ1v) is 12.3. The van der Waals surface area contributed by atoms with Gasteiger partial charge in [0.05, 0.1) is 16.9 Å². The van der Waals surface area contributed by atoms with Crippen molar-refractivity contribution in [3.8, 4) is 16.9 Å². The molecule has 180 valence electrons. The normalized spacial score (nSPS) is 17.1. The fraction of sp³-hybridized carbons (Fsp3) is 0.0370. The van der Waals surface area contributed by atoms with Gasteiger partial charge in [-0.3, -0.25) is 19.6 Å². The summed E-state index contributed by atoms with van der Waals surface area (Å²) in [5.41, 5.74) is 0.880. The Kier molecular flexibility index (Phi) is 4.46. The summed E-state index contributed by atoms with van der Waals surface area (Å²) in [6, 6.07) is 24.4. The number of aromatic amines is 2. The molecular formula is C27H17BrN6O3. The number of aromatic nitrogens is 4. The Morgan fingerprint density at radius 1 is 0.811 bits per heavy atom. The zero-order chi connectivity index (χ0) is 25.3. The van der Waals surface area contributed by atoms with E-state index in [1.54, 1.807) is 10.7 Å². The summed E-state index contributed by atoms with van der Waals surface area (Å²) in [6.07, 6.45) is 0. The smallest absolute Gasteiger partial charge is 0.326 e. The quantitative estimate of drug-likeness (QED) is 0.263. The van der Waals surface area contributed by atoms with Crippen molar-refractivity contribution >= 4 is 39.2 Å². The van der Waals surface area contributed by atoms with Gasteiger partial charge in [0.1, 0.15) is 17.1 Å². The van der Waals surface area contributed by atoms with Gasteiger partial charge in [-0.1, -0.05) is 64.5 Å². The second-order valence-corrected chi connectivity index (χ2v) is 9.78. The van der Waals surface area contributed by atoms with Crippen LogP contribution in [-0.4, -0.2) is 25.7 Å². The van der Waals surface area contributed by atoms with Gasteiger partial charge in [0.25, 0.3) is 5.56 Å². The molecule has 0 radical (unpaired) electrons. The number of hydrogen-bond acceptors (Lipinski definition) is 5. The molecule has 4 N–H and O–H groups in total. The number of halogens is 1. The number of carbonyl (C=O) groups excluding carboxylic acids is 1. The minimum absolute atomic E-state index is 0.0961. The first-order chi connectivity index (χ1) is 18.0. The summed E-state index contributed by atoms with van der Waals surface area (Å²) >= 11 is 3.53. The largest absolute Gasteiger partial charge is 0.327 e. The fourth-order valence-corrected chi connectivity index (χ4v) is 5.76. The maximum atomic E-state index is 14.2. The Bertz CT molecular complexity index is 1860. The van der Waals surface area contributed by atoms with Gasteiger partial charge in [-0.2, -0.15) is 5.10 Å². The van der Waals surface area contributed by atoms with Gasteiger partial charge in [0.2, 0.25) is 5.91 Å². The number of fused-ring (bicyclic) bond motifs is 6. The number of anilines is 3. The average molecular weight is 553 g/mol. The molecule has 0 fully saturated rings. The Morgan fingerprint density at radius 3 is 2.30 bits per heavy atom. The highest BCUT2D eigenvalue weighted by Crippen LogP contribution is 2.56. The Morgan fingerprint density at radius 2 is 1.54 bits per heavy atom. The second kappa shape index (κ2) is 7.65. The molecule has 2 aliphatic rings. The molecule has 0 aliphatic carbocycles. The molecule has 37 heavy (non-hydrogen) atoms. The maximum Gasteiger partial charge on any atom is 0.327 e. The minimum atomic E-state index is -1.59. The van der Waals surface area contributed by atoms with Crippen molar-refractivity contribution < 1.29 is 4.79 Å². The summed E-state index contributed by atoms with van der Waals surface area (Å²) in [4.78, 5) is 45.0. The van der Waals surface area contributed by atoms with Crippen LogP contribution in [0.1, 0.15) is 16.7 Å². The van der Waals surface area contributed by atoms with Gasteiger partial charge in [-0.15, -0.1) is 0 Å². The number of amides is 1. The van der Waals surface area contributed by atoms with Crippen molar-refractivity contribution in [1.82, 2.24) is 19.7 Å². The molecule has 2 aliphatic heterocycles. The van der Waals surface area contributed by atoms with E-state index in [2.05, 4.69) is 36.5 Å². The van der Waals surface area contributed by atoms with Crippen molar-refractivity contribution in [2.24, 2.45) is 0 Å². The summed E-state index contributed by atoms with van der Waals surface area (Å²) in [7, 11) is 0. The van der Waals surface area contributed by atoms with Gasteiger partial charge >= 0.3 is 5.69 Å². The highest BCUT2D eigenvalue weighted by Gasteiger charge is 2.58. The van der Waals surface area contributed by atoms with Crippen LogP contribution in [0.3, 0.4) is 0 Å². The van der Waals surface area contributed by atoms with Gasteiger partial charge < -0.3 is 10.6 Å². The van der Waals surface area contributed by atoms with Crippen LogP contribution in [0.4, 0.5) is 17.3 Å². The van der Waals surface area contributed by atoms with Crippen LogP contribution in [0, 0.1) is 0 Å². The van der Waals surface area contributed by atoms with Crippen molar-refractivity contribution in [2.45, 2.75) is 5.41 Å². The lowest BCUT2D eigenvalue weighted by Crippen LogP contribution is -2.46. The minimum Gasteiger partial charge on any atom is -0.326 e. The zero-order valence-electron chi connectivity index (χ0n) is 19.0. The van der Waals surface area contributed by atoms with Gasteiger partial charge in [-0.05, 0) is 30.3 Å². The second-order valence-electron chi connectivity index (χ2n) is 8.86. The molecule has 2 aromatic heterocycles. The molecule has 1 atom stereocenters.